The number of nitrogens with one attached hydrogen (secondary N) is 1. The van der Waals surface area contributed by atoms with Crippen LogP contribution in [0.25, 0.3) is 10.8 Å². The summed E-state index contributed by atoms with van der Waals surface area (Å²) >= 11 is 0. The fourth-order valence-electron chi connectivity index (χ4n) is 6.04. The second-order valence-electron chi connectivity index (χ2n) is 10.1. The molecule has 0 saturated heterocycles. The Morgan fingerprint density at radius 3 is 2.56 bits per heavy atom. The van der Waals surface area contributed by atoms with Crippen LogP contribution in [0, 0.1) is 12.8 Å². The van der Waals surface area contributed by atoms with Crippen LogP contribution in [0.2, 0.25) is 0 Å². The van der Waals surface area contributed by atoms with E-state index in [2.05, 4.69) is 11.9 Å². The Bertz CT molecular complexity index is 1240. The van der Waals surface area contributed by atoms with Crippen LogP contribution in [0.4, 0.5) is 13.2 Å². The summed E-state index contributed by atoms with van der Waals surface area (Å²) in [6.45, 7) is 4.56. The van der Waals surface area contributed by atoms with Gasteiger partial charge in [0.05, 0.1) is 11.7 Å². The van der Waals surface area contributed by atoms with E-state index in [1.165, 1.54) is 12.1 Å². The molecule has 0 amide bonds. The number of alkyl halides is 3. The summed E-state index contributed by atoms with van der Waals surface area (Å²) in [5, 5.41) is 1.44. The fraction of sp³-hybridized carbons (Fsp3) is 0.483. The standard InChI is InChI=1S/C29H35F3N2O2/c1-3-5-21(10-14-33)28(22-6-4-7-23(18-22)29(30,31)32)12-8-24(9-13-28)36-26-17-20-11-15-34-27(35)25(20)16-19(26)2/h4,6-7,11,15-18,21,24H,3,5,8-10,12-14,33H2,1-2H3,(H,34,35)/t21-,24-,28+/m0/s1. The predicted molar refractivity (Wildman–Crippen MR) is 137 cm³/mol. The molecule has 1 aliphatic carbocycles. The first-order chi connectivity index (χ1) is 17.2. The number of rotatable bonds is 8. The Kier molecular flexibility index (Phi) is 7.79. The van der Waals surface area contributed by atoms with Gasteiger partial charge in [-0.3, -0.25) is 4.79 Å². The number of ether oxygens (including phenoxy) is 1. The van der Waals surface area contributed by atoms with Gasteiger partial charge in [-0.1, -0.05) is 31.5 Å². The highest BCUT2D eigenvalue weighted by molar-refractivity contribution is 5.83. The minimum Gasteiger partial charge on any atom is -0.490 e. The van der Waals surface area contributed by atoms with Gasteiger partial charge < -0.3 is 15.5 Å². The molecule has 0 spiro atoms. The molecule has 1 heterocycles. The molecule has 1 aromatic heterocycles. The van der Waals surface area contributed by atoms with Crippen molar-refractivity contribution in [3.8, 4) is 5.75 Å². The first-order valence-electron chi connectivity index (χ1n) is 12.8. The summed E-state index contributed by atoms with van der Waals surface area (Å²) < 4.78 is 47.1. The van der Waals surface area contributed by atoms with Crippen molar-refractivity contribution in [3.05, 3.63) is 75.7 Å². The smallest absolute Gasteiger partial charge is 0.416 e. The van der Waals surface area contributed by atoms with E-state index in [0.29, 0.717) is 11.9 Å². The van der Waals surface area contributed by atoms with E-state index < -0.39 is 11.7 Å². The molecule has 36 heavy (non-hydrogen) atoms. The van der Waals surface area contributed by atoms with Crippen LogP contribution in [0.15, 0.2) is 53.5 Å². The molecule has 2 aromatic carbocycles. The van der Waals surface area contributed by atoms with Crippen molar-refractivity contribution in [2.45, 2.75) is 76.5 Å². The maximum absolute atomic E-state index is 13.6. The first kappa shape index (κ1) is 26.3. The predicted octanol–water partition coefficient (Wildman–Crippen LogP) is 6.88. The highest BCUT2D eigenvalue weighted by atomic mass is 19.4. The summed E-state index contributed by atoms with van der Waals surface area (Å²) in [6, 6.07) is 11.5. The van der Waals surface area contributed by atoms with Crippen molar-refractivity contribution in [2.75, 3.05) is 6.54 Å². The number of nitrogens with two attached hydrogens (primary N) is 1. The minimum absolute atomic E-state index is 0.0396. The Morgan fingerprint density at radius 1 is 1.14 bits per heavy atom. The van der Waals surface area contributed by atoms with Gasteiger partial charge >= 0.3 is 6.18 Å². The van der Waals surface area contributed by atoms with Gasteiger partial charge in [0.2, 0.25) is 0 Å². The summed E-state index contributed by atoms with van der Waals surface area (Å²) in [5.41, 5.74) is 6.55. The van der Waals surface area contributed by atoms with Crippen LogP contribution < -0.4 is 16.0 Å². The lowest BCUT2D eigenvalue weighted by Crippen LogP contribution is -2.42. The third-order valence-electron chi connectivity index (χ3n) is 7.89. The Morgan fingerprint density at radius 2 is 1.89 bits per heavy atom. The second-order valence-corrected chi connectivity index (χ2v) is 10.1. The van der Waals surface area contributed by atoms with E-state index in [9.17, 15) is 18.0 Å². The molecule has 0 unspecified atom stereocenters. The third kappa shape index (κ3) is 5.31. The van der Waals surface area contributed by atoms with Crippen LogP contribution in [0.1, 0.15) is 68.6 Å². The molecule has 3 aromatic rings. The van der Waals surface area contributed by atoms with Crippen LogP contribution in [0.5, 0.6) is 5.75 Å². The van der Waals surface area contributed by atoms with Crippen LogP contribution in [-0.4, -0.2) is 17.6 Å². The van der Waals surface area contributed by atoms with Gasteiger partial charge in [-0.05, 0) is 104 Å². The van der Waals surface area contributed by atoms with Crippen LogP contribution >= 0.6 is 0 Å². The van der Waals surface area contributed by atoms with Crippen LogP contribution in [-0.2, 0) is 11.6 Å². The normalized spacial score (nSPS) is 21.4. The zero-order valence-corrected chi connectivity index (χ0v) is 21.0. The van der Waals surface area contributed by atoms with Gasteiger partial charge in [-0.2, -0.15) is 13.2 Å². The molecule has 3 N–H and O–H groups in total. The Hall–Kier alpha value is -2.80. The minimum atomic E-state index is -4.37. The average molecular weight is 501 g/mol. The maximum Gasteiger partial charge on any atom is 0.416 e. The van der Waals surface area contributed by atoms with E-state index in [1.807, 2.05) is 31.2 Å². The van der Waals surface area contributed by atoms with Gasteiger partial charge in [0.1, 0.15) is 5.75 Å². The quantitative estimate of drug-likeness (QED) is 0.354. The summed E-state index contributed by atoms with van der Waals surface area (Å²) in [7, 11) is 0. The lowest BCUT2D eigenvalue weighted by molar-refractivity contribution is -0.137. The van der Waals surface area contributed by atoms with Crippen molar-refractivity contribution in [1.29, 1.82) is 0 Å². The largest absolute Gasteiger partial charge is 0.490 e. The van der Waals surface area contributed by atoms with Crippen molar-refractivity contribution < 1.29 is 17.9 Å². The molecule has 1 aliphatic rings. The SMILES string of the molecule is CCC[C@@H](CCN)[C@]1(c2cccc(C(F)(F)F)c2)CC[C@@H](Oc2cc3cc[nH]c(=O)c3cc2C)CC1. The van der Waals surface area contributed by atoms with Gasteiger partial charge in [0, 0.05) is 11.6 Å². The Labute approximate surface area is 210 Å². The highest BCUT2D eigenvalue weighted by Gasteiger charge is 2.44. The summed E-state index contributed by atoms with van der Waals surface area (Å²) in [5.74, 6) is 0.961. The van der Waals surface area contributed by atoms with E-state index in [0.717, 1.165) is 73.3 Å². The highest BCUT2D eigenvalue weighted by Crippen LogP contribution is 2.49. The molecule has 1 saturated carbocycles. The van der Waals surface area contributed by atoms with E-state index in [-0.39, 0.29) is 23.0 Å². The van der Waals surface area contributed by atoms with Crippen LogP contribution in [0.3, 0.4) is 0 Å². The molecule has 0 radical (unpaired) electrons. The average Bonchev–Trinajstić information content (AvgIpc) is 2.85. The lowest BCUT2D eigenvalue weighted by Gasteiger charge is -2.46. The number of benzene rings is 2. The number of aryl methyl sites for hydroxylation is 1. The molecule has 4 nitrogen and oxygen atoms in total. The zero-order chi connectivity index (χ0) is 25.9. The lowest BCUT2D eigenvalue weighted by atomic mass is 9.59. The summed E-state index contributed by atoms with van der Waals surface area (Å²) in [4.78, 5) is 14.8. The maximum atomic E-state index is 13.6. The topological polar surface area (TPSA) is 68.1 Å². The number of hydrogen-bond acceptors (Lipinski definition) is 3. The van der Waals surface area contributed by atoms with E-state index in [4.69, 9.17) is 10.5 Å². The van der Waals surface area contributed by atoms with Crippen molar-refractivity contribution in [2.24, 2.45) is 11.7 Å². The van der Waals surface area contributed by atoms with E-state index in [1.54, 1.807) is 6.20 Å². The number of H-pyrrole nitrogens is 1. The number of halogens is 3. The van der Waals surface area contributed by atoms with Gasteiger partial charge in [0.25, 0.3) is 5.56 Å². The summed E-state index contributed by atoms with van der Waals surface area (Å²) in [6.07, 6.45) is 2.86. The molecule has 0 bridgehead atoms. The van der Waals surface area contributed by atoms with Crippen molar-refractivity contribution in [3.63, 3.8) is 0 Å². The first-order valence-corrected chi connectivity index (χ1v) is 12.8. The second kappa shape index (κ2) is 10.7. The van der Waals surface area contributed by atoms with Gasteiger partial charge in [-0.15, -0.1) is 0 Å². The fourth-order valence-corrected chi connectivity index (χ4v) is 6.04. The number of pyridine rings is 1. The molecular formula is C29H35F3N2O2. The number of aromatic amines is 1. The van der Waals surface area contributed by atoms with E-state index >= 15 is 0 Å². The third-order valence-corrected chi connectivity index (χ3v) is 7.89. The monoisotopic (exact) mass is 500 g/mol. The van der Waals surface area contributed by atoms with Gasteiger partial charge in [0.15, 0.2) is 0 Å². The molecule has 194 valence electrons. The van der Waals surface area contributed by atoms with Crippen molar-refractivity contribution >= 4 is 10.8 Å². The number of fused-ring (bicyclic) bond motifs is 1. The number of hydrogen-bond donors (Lipinski definition) is 2. The van der Waals surface area contributed by atoms with Gasteiger partial charge in [-0.25, -0.2) is 0 Å². The molecule has 0 aliphatic heterocycles. The Balaban J connectivity index is 1.62. The molecular weight excluding hydrogens is 465 g/mol. The molecule has 1 fully saturated rings. The molecule has 4 rings (SSSR count). The zero-order valence-electron chi connectivity index (χ0n) is 21.0. The number of aromatic nitrogens is 1. The molecule has 1 atom stereocenters. The van der Waals surface area contributed by atoms with Crippen molar-refractivity contribution in [1.82, 2.24) is 4.98 Å². The molecule has 7 heteroatoms.